The molecule has 0 saturated heterocycles. The Morgan fingerprint density at radius 2 is 1.68 bits per heavy atom. The topological polar surface area (TPSA) is 69.2 Å². The third kappa shape index (κ3) is 4.55. The summed E-state index contributed by atoms with van der Waals surface area (Å²) in [5.41, 5.74) is 3.34. The Bertz CT molecular complexity index is 784. The molecule has 0 aliphatic carbocycles. The Morgan fingerprint density at radius 1 is 1.04 bits per heavy atom. The van der Waals surface area contributed by atoms with Crippen LogP contribution in [0.3, 0.4) is 0 Å². The molecule has 2 rings (SSSR count). The molecule has 1 amide bonds. The number of amides is 1. The van der Waals surface area contributed by atoms with E-state index in [0.29, 0.717) is 38.4 Å². The van der Waals surface area contributed by atoms with Gasteiger partial charge in [0.1, 0.15) is 0 Å². The summed E-state index contributed by atoms with van der Waals surface area (Å²) in [5.74, 6) is 0.701. The number of halogens is 2. The molecule has 25 heavy (non-hydrogen) atoms. The van der Waals surface area contributed by atoms with Crippen LogP contribution in [-0.2, 0) is 0 Å². The average Bonchev–Trinajstić information content (AvgIpc) is 2.61. The van der Waals surface area contributed by atoms with Crippen LogP contribution in [0.2, 0.25) is 10.0 Å². The van der Waals surface area contributed by atoms with Gasteiger partial charge in [0.25, 0.3) is 5.91 Å². The van der Waals surface area contributed by atoms with E-state index in [1.54, 1.807) is 18.2 Å². The highest BCUT2D eigenvalue weighted by molar-refractivity contribution is 6.36. The molecule has 1 N–H and O–H groups in total. The Labute approximate surface area is 155 Å². The van der Waals surface area contributed by atoms with Crippen molar-refractivity contribution < 1.29 is 19.0 Å². The Balaban J connectivity index is 2.19. The third-order valence-corrected chi connectivity index (χ3v) is 3.82. The molecule has 2 aromatic rings. The Hall–Kier alpha value is -2.44. The second-order valence-electron chi connectivity index (χ2n) is 4.78. The number of hydrogen-bond donors (Lipinski definition) is 1. The molecule has 0 spiro atoms. The van der Waals surface area contributed by atoms with Gasteiger partial charge in [0, 0.05) is 16.1 Å². The van der Waals surface area contributed by atoms with E-state index in [2.05, 4.69) is 10.5 Å². The van der Waals surface area contributed by atoms with Gasteiger partial charge in [0.2, 0.25) is 5.75 Å². The van der Waals surface area contributed by atoms with Gasteiger partial charge in [-0.2, -0.15) is 5.10 Å². The van der Waals surface area contributed by atoms with Gasteiger partial charge in [0.15, 0.2) is 11.5 Å². The Morgan fingerprint density at radius 3 is 2.20 bits per heavy atom. The zero-order valence-corrected chi connectivity index (χ0v) is 15.3. The number of nitrogens with zero attached hydrogens (tertiary/aromatic N) is 1. The summed E-state index contributed by atoms with van der Waals surface area (Å²) in [7, 11) is 4.43. The lowest BCUT2D eigenvalue weighted by molar-refractivity contribution is 0.0954. The smallest absolute Gasteiger partial charge is 0.271 e. The van der Waals surface area contributed by atoms with Gasteiger partial charge in [-0.1, -0.05) is 29.3 Å². The fourth-order valence-corrected chi connectivity index (χ4v) is 2.50. The molecule has 0 aromatic heterocycles. The molecule has 2 aromatic carbocycles. The highest BCUT2D eigenvalue weighted by Crippen LogP contribution is 2.38. The van der Waals surface area contributed by atoms with Crippen LogP contribution in [0.1, 0.15) is 15.9 Å². The fourth-order valence-electron chi connectivity index (χ4n) is 2.04. The molecule has 0 atom stereocenters. The van der Waals surface area contributed by atoms with Crippen molar-refractivity contribution in [2.45, 2.75) is 0 Å². The lowest BCUT2D eigenvalue weighted by Gasteiger charge is -2.13. The second-order valence-corrected chi connectivity index (χ2v) is 5.62. The van der Waals surface area contributed by atoms with Gasteiger partial charge in [-0.05, 0) is 24.3 Å². The van der Waals surface area contributed by atoms with Gasteiger partial charge >= 0.3 is 0 Å². The zero-order valence-electron chi connectivity index (χ0n) is 13.8. The maximum atomic E-state index is 12.3. The van der Waals surface area contributed by atoms with E-state index in [9.17, 15) is 4.79 Å². The summed E-state index contributed by atoms with van der Waals surface area (Å²) >= 11 is 11.9. The molecule has 0 unspecified atom stereocenters. The second kappa shape index (κ2) is 8.60. The first-order chi connectivity index (χ1) is 12.0. The first-order valence-electron chi connectivity index (χ1n) is 7.08. The van der Waals surface area contributed by atoms with E-state index in [1.165, 1.54) is 39.7 Å². The van der Waals surface area contributed by atoms with E-state index in [1.807, 2.05) is 0 Å². The van der Waals surface area contributed by atoms with Crippen molar-refractivity contribution >= 4 is 35.3 Å². The zero-order chi connectivity index (χ0) is 18.4. The molecule has 8 heteroatoms. The molecule has 0 heterocycles. The number of rotatable bonds is 6. The van der Waals surface area contributed by atoms with Crippen molar-refractivity contribution in [2.24, 2.45) is 5.10 Å². The van der Waals surface area contributed by atoms with Gasteiger partial charge in [0.05, 0.1) is 32.6 Å². The van der Waals surface area contributed by atoms with Gasteiger partial charge in [-0.15, -0.1) is 0 Å². The van der Waals surface area contributed by atoms with Crippen molar-refractivity contribution in [1.29, 1.82) is 0 Å². The maximum Gasteiger partial charge on any atom is 0.271 e. The predicted octanol–water partition coefficient (Wildman–Crippen LogP) is 3.78. The van der Waals surface area contributed by atoms with Crippen molar-refractivity contribution in [3.63, 3.8) is 0 Å². The van der Waals surface area contributed by atoms with Crippen LogP contribution in [0.4, 0.5) is 0 Å². The lowest BCUT2D eigenvalue weighted by Crippen LogP contribution is -2.18. The number of carbonyl (C=O) groups is 1. The quantitative estimate of drug-likeness (QED) is 0.609. The maximum absolute atomic E-state index is 12.3. The minimum atomic E-state index is -0.444. The van der Waals surface area contributed by atoms with E-state index in [-0.39, 0.29) is 0 Å². The number of methoxy groups -OCH3 is 3. The average molecular weight is 383 g/mol. The van der Waals surface area contributed by atoms with Gasteiger partial charge < -0.3 is 14.2 Å². The fraction of sp³-hybridized carbons (Fsp3) is 0.176. The van der Waals surface area contributed by atoms with E-state index in [4.69, 9.17) is 37.4 Å². The van der Waals surface area contributed by atoms with E-state index in [0.717, 1.165) is 0 Å². The molecule has 0 aliphatic heterocycles. The van der Waals surface area contributed by atoms with Crippen molar-refractivity contribution in [2.75, 3.05) is 21.3 Å². The highest BCUT2D eigenvalue weighted by atomic mass is 35.5. The van der Waals surface area contributed by atoms with Crippen LogP contribution < -0.4 is 19.6 Å². The molecule has 0 radical (unpaired) electrons. The van der Waals surface area contributed by atoms with Crippen molar-refractivity contribution in [1.82, 2.24) is 5.43 Å². The molecule has 0 fully saturated rings. The van der Waals surface area contributed by atoms with Crippen LogP contribution in [0.5, 0.6) is 17.2 Å². The van der Waals surface area contributed by atoms with E-state index >= 15 is 0 Å². The van der Waals surface area contributed by atoms with Crippen molar-refractivity contribution in [3.05, 3.63) is 51.5 Å². The summed E-state index contributed by atoms with van der Waals surface area (Å²) in [5, 5.41) is 4.84. The van der Waals surface area contributed by atoms with Crippen molar-refractivity contribution in [3.8, 4) is 17.2 Å². The molecule has 0 saturated carbocycles. The number of hydrogen-bond acceptors (Lipinski definition) is 5. The van der Waals surface area contributed by atoms with Crippen LogP contribution in [0.15, 0.2) is 35.4 Å². The molecular weight excluding hydrogens is 367 g/mol. The first kappa shape index (κ1) is 18.9. The summed E-state index contributed by atoms with van der Waals surface area (Å²) in [6, 6.07) is 8.02. The molecule has 0 aliphatic rings. The summed E-state index contributed by atoms with van der Waals surface area (Å²) < 4.78 is 15.7. The van der Waals surface area contributed by atoms with Gasteiger partial charge in [-0.3, -0.25) is 4.79 Å². The van der Waals surface area contributed by atoms with Crippen LogP contribution in [0.25, 0.3) is 0 Å². The third-order valence-electron chi connectivity index (χ3n) is 3.26. The van der Waals surface area contributed by atoms with Gasteiger partial charge in [-0.25, -0.2) is 5.43 Å². The molecule has 132 valence electrons. The Kier molecular flexibility index (Phi) is 6.50. The normalized spacial score (nSPS) is 10.6. The standard InChI is InChI=1S/C17H16Cl2N2O4/c1-23-14-6-11(7-15(24-2)16(14)25-3)17(22)21-20-9-10-4-5-12(18)8-13(10)19/h4-9H,1-3H3,(H,21,22)/b20-9+. The predicted molar refractivity (Wildman–Crippen MR) is 97.6 cm³/mol. The summed E-state index contributed by atoms with van der Waals surface area (Å²) in [6.45, 7) is 0. The molecular formula is C17H16Cl2N2O4. The summed E-state index contributed by atoms with van der Waals surface area (Å²) in [4.78, 5) is 12.3. The highest BCUT2D eigenvalue weighted by Gasteiger charge is 2.16. The lowest BCUT2D eigenvalue weighted by atomic mass is 10.1. The van der Waals surface area contributed by atoms with E-state index < -0.39 is 5.91 Å². The van der Waals surface area contributed by atoms with Crippen LogP contribution >= 0.6 is 23.2 Å². The monoisotopic (exact) mass is 382 g/mol. The first-order valence-corrected chi connectivity index (χ1v) is 7.84. The SMILES string of the molecule is COc1cc(C(=O)N/N=C/c2ccc(Cl)cc2Cl)cc(OC)c1OC. The minimum Gasteiger partial charge on any atom is -0.493 e. The summed E-state index contributed by atoms with van der Waals surface area (Å²) in [6.07, 6.45) is 1.43. The molecule has 0 bridgehead atoms. The van der Waals surface area contributed by atoms with Crippen LogP contribution in [0, 0.1) is 0 Å². The molecule has 6 nitrogen and oxygen atoms in total. The number of ether oxygens (including phenoxy) is 3. The number of nitrogens with one attached hydrogen (secondary N) is 1. The largest absolute Gasteiger partial charge is 0.493 e. The number of benzene rings is 2. The number of hydrazone groups is 1. The minimum absolute atomic E-state index is 0.300. The number of carbonyl (C=O) groups excluding carboxylic acids is 1. The van der Waals surface area contributed by atoms with Crippen LogP contribution in [-0.4, -0.2) is 33.5 Å².